The van der Waals surface area contributed by atoms with E-state index in [0.717, 1.165) is 0 Å². The number of nitrogens with zero attached hydrogens (tertiary/aromatic N) is 1. The van der Waals surface area contributed by atoms with Gasteiger partial charge in [0.1, 0.15) is 0 Å². The highest BCUT2D eigenvalue weighted by atomic mass is 32.2. The molecular weight excluding hydrogens is 216 g/mol. The van der Waals surface area contributed by atoms with Crippen molar-refractivity contribution in [1.82, 2.24) is 10.2 Å². The molecule has 1 aliphatic rings. The second kappa shape index (κ2) is 4.94. The molecule has 6 heteroatoms. The topological polar surface area (TPSA) is 66.5 Å². The van der Waals surface area contributed by atoms with E-state index in [9.17, 15) is 13.2 Å². The van der Waals surface area contributed by atoms with Gasteiger partial charge in [-0.25, -0.2) is 8.42 Å². The van der Waals surface area contributed by atoms with Gasteiger partial charge in [0, 0.05) is 12.6 Å². The molecular formula is C9H18N2O3S. The maximum absolute atomic E-state index is 11.6. The predicted octanol–water partition coefficient (Wildman–Crippen LogP) is -0.759. The Labute approximate surface area is 90.7 Å². The van der Waals surface area contributed by atoms with Crippen LogP contribution in [0.5, 0.6) is 0 Å². The minimum absolute atomic E-state index is 0.0258. The summed E-state index contributed by atoms with van der Waals surface area (Å²) in [5, 5.41) is 2.79. The molecule has 1 aliphatic heterocycles. The van der Waals surface area contributed by atoms with Crippen molar-refractivity contribution in [1.29, 1.82) is 0 Å². The Morgan fingerprint density at radius 2 is 2.20 bits per heavy atom. The molecule has 0 aromatic carbocycles. The third-order valence-electron chi connectivity index (χ3n) is 2.64. The minimum atomic E-state index is -2.91. The van der Waals surface area contributed by atoms with Crippen molar-refractivity contribution in [3.8, 4) is 0 Å². The van der Waals surface area contributed by atoms with Crippen molar-refractivity contribution in [2.45, 2.75) is 19.4 Å². The van der Waals surface area contributed by atoms with Crippen LogP contribution >= 0.6 is 0 Å². The Morgan fingerprint density at radius 3 is 2.60 bits per heavy atom. The van der Waals surface area contributed by atoms with E-state index >= 15 is 0 Å². The lowest BCUT2D eigenvalue weighted by atomic mass is 10.2. The van der Waals surface area contributed by atoms with E-state index in [0.29, 0.717) is 13.0 Å². The maximum atomic E-state index is 11.6. The van der Waals surface area contributed by atoms with Crippen molar-refractivity contribution in [2.75, 3.05) is 31.6 Å². The van der Waals surface area contributed by atoms with Crippen LogP contribution in [0.3, 0.4) is 0 Å². The van der Waals surface area contributed by atoms with Crippen LogP contribution in [-0.2, 0) is 14.6 Å². The lowest BCUT2D eigenvalue weighted by Crippen LogP contribution is -2.44. The number of likely N-dealkylation sites (N-methyl/N-ethyl adjacent to an activating group) is 2. The normalized spacial score (nSPS) is 24.0. The lowest BCUT2D eigenvalue weighted by Gasteiger charge is -2.26. The van der Waals surface area contributed by atoms with E-state index in [1.54, 1.807) is 11.9 Å². The first kappa shape index (κ1) is 12.4. The molecule has 0 bridgehead atoms. The first-order valence-electron chi connectivity index (χ1n) is 5.14. The SMILES string of the molecule is CCN(C(=O)CNC)C1CCS(=O)(=O)C1. The van der Waals surface area contributed by atoms with Crippen LogP contribution in [0.1, 0.15) is 13.3 Å². The molecule has 5 nitrogen and oxygen atoms in total. The van der Waals surface area contributed by atoms with Crippen LogP contribution in [0.15, 0.2) is 0 Å². The van der Waals surface area contributed by atoms with Crippen LogP contribution in [0.2, 0.25) is 0 Å². The molecule has 1 atom stereocenters. The predicted molar refractivity (Wildman–Crippen MR) is 58.4 cm³/mol. The molecule has 1 saturated heterocycles. The summed E-state index contributed by atoms with van der Waals surface area (Å²) in [5.74, 6) is 0.305. The summed E-state index contributed by atoms with van der Waals surface area (Å²) in [6.45, 7) is 2.71. The van der Waals surface area contributed by atoms with Gasteiger partial charge >= 0.3 is 0 Å². The summed E-state index contributed by atoms with van der Waals surface area (Å²) in [5.41, 5.74) is 0. The zero-order valence-electron chi connectivity index (χ0n) is 9.19. The van der Waals surface area contributed by atoms with E-state index in [2.05, 4.69) is 5.32 Å². The molecule has 0 aliphatic carbocycles. The van der Waals surface area contributed by atoms with Gasteiger partial charge in [-0.3, -0.25) is 4.79 Å². The Hall–Kier alpha value is -0.620. The van der Waals surface area contributed by atoms with Crippen LogP contribution in [0.4, 0.5) is 0 Å². The second-order valence-corrected chi connectivity index (χ2v) is 6.00. The van der Waals surface area contributed by atoms with E-state index < -0.39 is 9.84 Å². The largest absolute Gasteiger partial charge is 0.338 e. The van der Waals surface area contributed by atoms with Gasteiger partial charge in [-0.05, 0) is 20.4 Å². The molecule has 1 N–H and O–H groups in total. The summed E-state index contributed by atoms with van der Waals surface area (Å²) in [4.78, 5) is 13.3. The van der Waals surface area contributed by atoms with Gasteiger partial charge in [-0.1, -0.05) is 0 Å². The smallest absolute Gasteiger partial charge is 0.236 e. The van der Waals surface area contributed by atoms with Crippen molar-refractivity contribution in [3.05, 3.63) is 0 Å². The number of nitrogens with one attached hydrogen (secondary N) is 1. The van der Waals surface area contributed by atoms with Crippen molar-refractivity contribution in [3.63, 3.8) is 0 Å². The lowest BCUT2D eigenvalue weighted by molar-refractivity contribution is -0.131. The number of hydrogen-bond donors (Lipinski definition) is 1. The Balaban J connectivity index is 2.64. The molecule has 0 spiro atoms. The third-order valence-corrected chi connectivity index (χ3v) is 4.39. The highest BCUT2D eigenvalue weighted by Crippen LogP contribution is 2.17. The van der Waals surface area contributed by atoms with Gasteiger partial charge in [0.2, 0.25) is 5.91 Å². The molecule has 0 radical (unpaired) electrons. The molecule has 1 unspecified atom stereocenters. The number of sulfone groups is 1. The average molecular weight is 234 g/mol. The van der Waals surface area contributed by atoms with Gasteiger partial charge in [-0.2, -0.15) is 0 Å². The quantitative estimate of drug-likeness (QED) is 0.694. The van der Waals surface area contributed by atoms with Gasteiger partial charge in [0.25, 0.3) is 0 Å². The Kier molecular flexibility index (Phi) is 4.10. The van der Waals surface area contributed by atoms with E-state index in [1.807, 2.05) is 6.92 Å². The highest BCUT2D eigenvalue weighted by molar-refractivity contribution is 7.91. The Morgan fingerprint density at radius 1 is 1.53 bits per heavy atom. The van der Waals surface area contributed by atoms with Gasteiger partial charge in [0.05, 0.1) is 18.1 Å². The first-order valence-corrected chi connectivity index (χ1v) is 6.96. The van der Waals surface area contributed by atoms with Gasteiger partial charge < -0.3 is 10.2 Å². The molecule has 0 aromatic rings. The van der Waals surface area contributed by atoms with Crippen molar-refractivity contribution >= 4 is 15.7 Å². The third kappa shape index (κ3) is 3.17. The number of hydrogen-bond acceptors (Lipinski definition) is 4. The first-order chi connectivity index (χ1) is 7.00. The fourth-order valence-electron chi connectivity index (χ4n) is 1.91. The zero-order valence-corrected chi connectivity index (χ0v) is 10.0. The molecule has 0 saturated carbocycles. The van der Waals surface area contributed by atoms with Crippen molar-refractivity contribution in [2.24, 2.45) is 0 Å². The zero-order chi connectivity index (χ0) is 11.5. The molecule has 0 aromatic heterocycles. The molecule has 1 amide bonds. The summed E-state index contributed by atoms with van der Waals surface area (Å²) < 4.78 is 22.6. The second-order valence-electron chi connectivity index (χ2n) is 3.77. The van der Waals surface area contributed by atoms with E-state index in [1.165, 1.54) is 0 Å². The van der Waals surface area contributed by atoms with Gasteiger partial charge in [0.15, 0.2) is 9.84 Å². The number of carbonyl (C=O) groups is 1. The summed E-state index contributed by atoms with van der Waals surface area (Å²) in [6, 6.07) is -0.124. The summed E-state index contributed by atoms with van der Waals surface area (Å²) >= 11 is 0. The summed E-state index contributed by atoms with van der Waals surface area (Å²) in [7, 11) is -1.21. The monoisotopic (exact) mass is 234 g/mol. The van der Waals surface area contributed by atoms with Gasteiger partial charge in [-0.15, -0.1) is 0 Å². The number of rotatable bonds is 4. The molecule has 1 rings (SSSR count). The van der Waals surface area contributed by atoms with Crippen LogP contribution < -0.4 is 5.32 Å². The van der Waals surface area contributed by atoms with E-state index in [4.69, 9.17) is 0 Å². The molecule has 15 heavy (non-hydrogen) atoms. The number of carbonyl (C=O) groups excluding carboxylic acids is 1. The fourth-order valence-corrected chi connectivity index (χ4v) is 3.64. The van der Waals surface area contributed by atoms with Crippen LogP contribution in [0, 0.1) is 0 Å². The molecule has 1 fully saturated rings. The Bertz CT molecular complexity index is 326. The highest BCUT2D eigenvalue weighted by Gasteiger charge is 2.33. The molecule has 1 heterocycles. The molecule has 88 valence electrons. The fraction of sp³-hybridized carbons (Fsp3) is 0.889. The maximum Gasteiger partial charge on any atom is 0.236 e. The van der Waals surface area contributed by atoms with Crippen molar-refractivity contribution < 1.29 is 13.2 Å². The number of amides is 1. The summed E-state index contributed by atoms with van der Waals surface area (Å²) in [6.07, 6.45) is 0.575. The van der Waals surface area contributed by atoms with Crippen LogP contribution in [-0.4, -0.2) is 56.9 Å². The van der Waals surface area contributed by atoms with E-state index in [-0.39, 0.29) is 30.0 Å². The standard InChI is InChI=1S/C9H18N2O3S/c1-3-11(9(12)6-10-2)8-4-5-15(13,14)7-8/h8,10H,3-7H2,1-2H3. The van der Waals surface area contributed by atoms with Crippen LogP contribution in [0.25, 0.3) is 0 Å². The minimum Gasteiger partial charge on any atom is -0.338 e. The average Bonchev–Trinajstić information content (AvgIpc) is 2.48.